The Hall–Kier alpha value is -0.550. The maximum Gasteiger partial charge on any atom is 0.336 e. The SMILES string of the molecule is O=C(O)c1cc(Br)c(F)cc1S. The molecule has 0 atom stereocenters. The van der Waals surface area contributed by atoms with Gasteiger partial charge in [-0.1, -0.05) is 0 Å². The van der Waals surface area contributed by atoms with Crippen LogP contribution in [0.15, 0.2) is 21.5 Å². The van der Waals surface area contributed by atoms with Gasteiger partial charge in [0, 0.05) is 4.90 Å². The molecule has 0 fully saturated rings. The smallest absolute Gasteiger partial charge is 0.336 e. The van der Waals surface area contributed by atoms with Crippen molar-refractivity contribution in [2.45, 2.75) is 4.90 Å². The van der Waals surface area contributed by atoms with Gasteiger partial charge >= 0.3 is 5.97 Å². The Bertz CT molecular complexity index is 340. The number of carbonyl (C=O) groups is 1. The minimum Gasteiger partial charge on any atom is -0.478 e. The molecular formula is C7H4BrFO2S. The molecule has 0 spiro atoms. The molecule has 0 aliphatic carbocycles. The van der Waals surface area contributed by atoms with Gasteiger partial charge in [0.05, 0.1) is 10.0 Å². The first-order valence-electron chi connectivity index (χ1n) is 2.93. The third-order valence-electron chi connectivity index (χ3n) is 1.27. The molecule has 2 nitrogen and oxygen atoms in total. The highest BCUT2D eigenvalue weighted by atomic mass is 79.9. The molecule has 1 aromatic rings. The van der Waals surface area contributed by atoms with Crippen molar-refractivity contribution < 1.29 is 14.3 Å². The van der Waals surface area contributed by atoms with Gasteiger partial charge in [0.2, 0.25) is 0 Å². The van der Waals surface area contributed by atoms with Crippen molar-refractivity contribution in [3.8, 4) is 0 Å². The molecule has 0 aliphatic heterocycles. The lowest BCUT2D eigenvalue weighted by atomic mass is 10.2. The molecule has 1 rings (SSSR count). The summed E-state index contributed by atoms with van der Waals surface area (Å²) in [6.45, 7) is 0. The minimum atomic E-state index is -1.12. The second kappa shape index (κ2) is 3.45. The molecule has 1 aromatic carbocycles. The van der Waals surface area contributed by atoms with Crippen LogP contribution in [0, 0.1) is 5.82 Å². The fourth-order valence-electron chi connectivity index (χ4n) is 0.708. The summed E-state index contributed by atoms with van der Waals surface area (Å²) >= 11 is 6.69. The lowest BCUT2D eigenvalue weighted by molar-refractivity contribution is 0.0693. The first-order valence-corrected chi connectivity index (χ1v) is 4.17. The fraction of sp³-hybridized carbons (Fsp3) is 0. The van der Waals surface area contributed by atoms with Crippen molar-refractivity contribution in [1.29, 1.82) is 0 Å². The van der Waals surface area contributed by atoms with Gasteiger partial charge in [-0.25, -0.2) is 9.18 Å². The molecule has 64 valence electrons. The lowest BCUT2D eigenvalue weighted by Gasteiger charge is -2.00. The zero-order valence-electron chi connectivity index (χ0n) is 5.71. The second-order valence-corrected chi connectivity index (χ2v) is 3.42. The van der Waals surface area contributed by atoms with Gasteiger partial charge in [0.1, 0.15) is 5.82 Å². The van der Waals surface area contributed by atoms with Crippen LogP contribution >= 0.6 is 28.6 Å². The van der Waals surface area contributed by atoms with E-state index in [0.717, 1.165) is 6.07 Å². The molecule has 0 saturated heterocycles. The van der Waals surface area contributed by atoms with Crippen molar-refractivity contribution in [3.63, 3.8) is 0 Å². The number of hydrogen-bond donors (Lipinski definition) is 2. The van der Waals surface area contributed by atoms with Crippen LogP contribution in [0.2, 0.25) is 0 Å². The Kier molecular flexibility index (Phi) is 2.74. The van der Waals surface area contributed by atoms with Crippen LogP contribution in [0.3, 0.4) is 0 Å². The summed E-state index contributed by atoms with van der Waals surface area (Å²) in [7, 11) is 0. The quantitative estimate of drug-likeness (QED) is 0.752. The van der Waals surface area contributed by atoms with Gasteiger partial charge in [-0.2, -0.15) is 0 Å². The van der Waals surface area contributed by atoms with Gasteiger partial charge in [0.15, 0.2) is 0 Å². The van der Waals surface area contributed by atoms with Crippen molar-refractivity contribution >= 4 is 34.5 Å². The van der Waals surface area contributed by atoms with Crippen LogP contribution in [0.1, 0.15) is 10.4 Å². The van der Waals surface area contributed by atoms with Gasteiger partial charge < -0.3 is 5.11 Å². The van der Waals surface area contributed by atoms with Crippen molar-refractivity contribution in [2.24, 2.45) is 0 Å². The van der Waals surface area contributed by atoms with Crippen LogP contribution in [0.5, 0.6) is 0 Å². The molecule has 1 N–H and O–H groups in total. The number of rotatable bonds is 1. The molecule has 0 amide bonds. The summed E-state index contributed by atoms with van der Waals surface area (Å²) in [5, 5.41) is 8.59. The molecule has 0 aromatic heterocycles. The Labute approximate surface area is 81.9 Å². The van der Waals surface area contributed by atoms with Gasteiger partial charge in [-0.3, -0.25) is 0 Å². The monoisotopic (exact) mass is 250 g/mol. The first-order chi connectivity index (χ1) is 5.52. The van der Waals surface area contributed by atoms with E-state index in [1.807, 2.05) is 0 Å². The highest BCUT2D eigenvalue weighted by Gasteiger charge is 2.10. The Morgan fingerprint density at radius 1 is 1.58 bits per heavy atom. The molecule has 0 heterocycles. The van der Waals surface area contributed by atoms with E-state index in [0.29, 0.717) is 0 Å². The highest BCUT2D eigenvalue weighted by Crippen LogP contribution is 2.23. The summed E-state index contributed by atoms with van der Waals surface area (Å²) in [5.41, 5.74) is -0.0217. The van der Waals surface area contributed by atoms with Crippen LogP contribution < -0.4 is 0 Å². The highest BCUT2D eigenvalue weighted by molar-refractivity contribution is 9.10. The predicted molar refractivity (Wildman–Crippen MR) is 48.3 cm³/mol. The second-order valence-electron chi connectivity index (χ2n) is 2.09. The van der Waals surface area contributed by atoms with Crippen LogP contribution in [-0.2, 0) is 0 Å². The molecule has 0 saturated carbocycles. The molecule has 0 bridgehead atoms. The number of hydrogen-bond acceptors (Lipinski definition) is 2. The van der Waals surface area contributed by atoms with E-state index in [-0.39, 0.29) is 14.9 Å². The lowest BCUT2D eigenvalue weighted by Crippen LogP contribution is -1.98. The first kappa shape index (κ1) is 9.54. The van der Waals surface area contributed by atoms with Crippen molar-refractivity contribution in [1.82, 2.24) is 0 Å². The van der Waals surface area contributed by atoms with E-state index in [1.54, 1.807) is 0 Å². The van der Waals surface area contributed by atoms with Crippen LogP contribution in [0.4, 0.5) is 4.39 Å². The number of halogens is 2. The van der Waals surface area contributed by atoms with E-state index >= 15 is 0 Å². The topological polar surface area (TPSA) is 37.3 Å². The summed E-state index contributed by atoms with van der Waals surface area (Å²) in [4.78, 5) is 10.6. The zero-order valence-corrected chi connectivity index (χ0v) is 8.19. The number of thiol groups is 1. The zero-order chi connectivity index (χ0) is 9.30. The van der Waals surface area contributed by atoms with Gasteiger partial charge in [0.25, 0.3) is 0 Å². The van der Waals surface area contributed by atoms with Crippen molar-refractivity contribution in [2.75, 3.05) is 0 Å². The standard InChI is InChI=1S/C7H4BrFO2S/c8-4-1-3(7(10)11)6(12)2-5(4)9/h1-2,12H,(H,10,11). The number of benzene rings is 1. The van der Waals surface area contributed by atoms with E-state index < -0.39 is 11.8 Å². The summed E-state index contributed by atoms with van der Waals surface area (Å²) in [6, 6.07) is 2.23. The molecule has 0 aliphatic rings. The normalized spacial score (nSPS) is 9.92. The minimum absolute atomic E-state index is 0.0217. The van der Waals surface area contributed by atoms with Crippen molar-refractivity contribution in [3.05, 3.63) is 28.0 Å². The Balaban J connectivity index is 3.33. The van der Waals surface area contributed by atoms with Gasteiger partial charge in [-0.15, -0.1) is 12.6 Å². The van der Waals surface area contributed by atoms with Crippen LogP contribution in [-0.4, -0.2) is 11.1 Å². The van der Waals surface area contributed by atoms with E-state index in [9.17, 15) is 9.18 Å². The molecule has 0 radical (unpaired) electrons. The van der Waals surface area contributed by atoms with E-state index in [1.165, 1.54) is 6.07 Å². The predicted octanol–water partition coefficient (Wildman–Crippen LogP) is 2.58. The third kappa shape index (κ3) is 1.78. The number of aromatic carboxylic acids is 1. The average molecular weight is 251 g/mol. The summed E-state index contributed by atoms with van der Waals surface area (Å²) < 4.78 is 12.9. The Morgan fingerprint density at radius 2 is 2.17 bits per heavy atom. The average Bonchev–Trinajstić information content (AvgIpc) is 1.96. The maximum atomic E-state index is 12.7. The fourth-order valence-corrected chi connectivity index (χ4v) is 1.32. The number of carboxylic acid groups (broad SMARTS) is 1. The summed E-state index contributed by atoms with van der Waals surface area (Å²) in [6.07, 6.45) is 0. The van der Waals surface area contributed by atoms with E-state index in [4.69, 9.17) is 5.11 Å². The van der Waals surface area contributed by atoms with Crippen LogP contribution in [0.25, 0.3) is 0 Å². The molecule has 0 unspecified atom stereocenters. The number of carboxylic acids is 1. The van der Waals surface area contributed by atoms with E-state index in [2.05, 4.69) is 28.6 Å². The maximum absolute atomic E-state index is 12.7. The summed E-state index contributed by atoms with van der Waals surface area (Å²) in [5.74, 6) is -1.65. The largest absolute Gasteiger partial charge is 0.478 e. The van der Waals surface area contributed by atoms with Gasteiger partial charge in [-0.05, 0) is 28.1 Å². The molecule has 5 heteroatoms. The Morgan fingerprint density at radius 3 is 2.67 bits per heavy atom. The third-order valence-corrected chi connectivity index (χ3v) is 2.25. The molecular weight excluding hydrogens is 247 g/mol. The molecule has 12 heavy (non-hydrogen) atoms.